The molecule has 0 aromatic rings. The van der Waals surface area contributed by atoms with Gasteiger partial charge >= 0.3 is 0 Å². The fourth-order valence-electron chi connectivity index (χ4n) is 0.919. The van der Waals surface area contributed by atoms with Gasteiger partial charge in [-0.15, -0.1) is 0 Å². The zero-order valence-electron chi connectivity index (χ0n) is 5.63. The van der Waals surface area contributed by atoms with Crippen LogP contribution in [0.1, 0.15) is 0 Å². The quantitative estimate of drug-likeness (QED) is 0.519. The summed E-state index contributed by atoms with van der Waals surface area (Å²) >= 11 is 0. The monoisotopic (exact) mass is 144 g/mol. The van der Waals surface area contributed by atoms with E-state index in [1.807, 2.05) is 18.2 Å². The van der Waals surface area contributed by atoms with Crippen LogP contribution < -0.4 is 5.32 Å². The van der Waals surface area contributed by atoms with Crippen LogP contribution in [-0.4, -0.2) is 6.54 Å². The minimum Gasteiger partial charge on any atom is -0.374 e. The number of hydrogen-bond donors (Lipinski definition) is 1. The van der Waals surface area contributed by atoms with E-state index in [2.05, 4.69) is 5.32 Å². The third-order valence-electron chi connectivity index (χ3n) is 1.49. The summed E-state index contributed by atoms with van der Waals surface area (Å²) in [7, 11) is 0. The number of nitrogens with one attached hydrogen (secondary N) is 1. The minimum absolute atomic E-state index is 0.235. The van der Waals surface area contributed by atoms with Gasteiger partial charge in [0.1, 0.15) is 17.7 Å². The molecule has 0 aliphatic carbocycles. The molecule has 0 radical (unpaired) electrons. The summed E-state index contributed by atoms with van der Waals surface area (Å²) in [6.07, 6.45) is 0. The first-order valence-corrected chi connectivity index (χ1v) is 3.01. The molecule has 0 bridgehead atoms. The highest BCUT2D eigenvalue weighted by Gasteiger charge is 2.24. The Balaban J connectivity index is 3.04. The molecule has 52 valence electrons. The lowest BCUT2D eigenvalue weighted by Crippen LogP contribution is -2.10. The molecule has 4 nitrogen and oxygen atoms in total. The van der Waals surface area contributed by atoms with Crippen molar-refractivity contribution in [3.63, 3.8) is 0 Å². The Morgan fingerprint density at radius 2 is 2.00 bits per heavy atom. The molecule has 4 heteroatoms. The van der Waals surface area contributed by atoms with Crippen molar-refractivity contribution < 1.29 is 0 Å². The van der Waals surface area contributed by atoms with Crippen LogP contribution in [0.25, 0.3) is 0 Å². The third-order valence-corrected chi connectivity index (χ3v) is 1.49. The van der Waals surface area contributed by atoms with Gasteiger partial charge in [0.2, 0.25) is 0 Å². The van der Waals surface area contributed by atoms with Crippen molar-refractivity contribution in [2.75, 3.05) is 6.54 Å². The first-order chi connectivity index (χ1) is 5.33. The summed E-state index contributed by atoms with van der Waals surface area (Å²) in [5.41, 5.74) is 0.494. The van der Waals surface area contributed by atoms with Gasteiger partial charge in [-0.05, 0) is 0 Å². The van der Waals surface area contributed by atoms with E-state index < -0.39 is 5.92 Å². The summed E-state index contributed by atoms with van der Waals surface area (Å²) in [5, 5.41) is 28.1. The molecule has 1 heterocycles. The maximum atomic E-state index is 8.52. The molecule has 1 unspecified atom stereocenters. The van der Waals surface area contributed by atoms with Crippen molar-refractivity contribution in [2.45, 2.75) is 0 Å². The van der Waals surface area contributed by atoms with Gasteiger partial charge in [-0.3, -0.25) is 0 Å². The summed E-state index contributed by atoms with van der Waals surface area (Å²) in [5.74, 6) is -0.449. The lowest BCUT2D eigenvalue weighted by Gasteiger charge is -1.91. The van der Waals surface area contributed by atoms with Crippen molar-refractivity contribution in [1.82, 2.24) is 5.32 Å². The molecular formula is C7H4N4. The molecule has 0 saturated heterocycles. The third kappa shape index (κ3) is 1.000. The van der Waals surface area contributed by atoms with E-state index in [0.29, 0.717) is 6.54 Å². The molecule has 0 spiro atoms. The smallest absolute Gasteiger partial charge is 0.128 e. The van der Waals surface area contributed by atoms with E-state index in [9.17, 15) is 0 Å². The predicted octanol–water partition coefficient (Wildman–Crippen LogP) is 0.0306. The van der Waals surface area contributed by atoms with Gasteiger partial charge in [0.25, 0.3) is 0 Å². The Labute approximate surface area is 64.0 Å². The van der Waals surface area contributed by atoms with Crippen LogP contribution in [0.2, 0.25) is 0 Å². The zero-order valence-corrected chi connectivity index (χ0v) is 5.63. The maximum Gasteiger partial charge on any atom is 0.128 e. The predicted molar refractivity (Wildman–Crippen MR) is 35.4 cm³/mol. The van der Waals surface area contributed by atoms with E-state index in [4.69, 9.17) is 15.8 Å². The number of nitrogens with zero attached hydrogens (tertiary/aromatic N) is 3. The minimum atomic E-state index is -0.449. The van der Waals surface area contributed by atoms with Crippen LogP contribution in [0.3, 0.4) is 0 Å². The highest BCUT2D eigenvalue weighted by Crippen LogP contribution is 2.17. The molecule has 0 aromatic heterocycles. The highest BCUT2D eigenvalue weighted by atomic mass is 14.9. The van der Waals surface area contributed by atoms with Crippen molar-refractivity contribution in [1.29, 1.82) is 15.8 Å². The Kier molecular flexibility index (Phi) is 1.77. The van der Waals surface area contributed by atoms with E-state index in [-0.39, 0.29) is 11.3 Å². The Bertz CT molecular complexity index is 320. The van der Waals surface area contributed by atoms with Crippen LogP contribution in [0.15, 0.2) is 11.3 Å². The second-order valence-corrected chi connectivity index (χ2v) is 2.07. The first-order valence-electron chi connectivity index (χ1n) is 3.01. The van der Waals surface area contributed by atoms with Crippen LogP contribution in [0.5, 0.6) is 0 Å². The summed E-state index contributed by atoms with van der Waals surface area (Å²) in [6, 6.07) is 5.60. The van der Waals surface area contributed by atoms with Gasteiger partial charge in [0.15, 0.2) is 0 Å². The molecule has 11 heavy (non-hydrogen) atoms. The highest BCUT2D eigenvalue weighted by molar-refractivity contribution is 5.43. The standard InChI is InChI=1S/C7H4N4/c8-1-5-4-11-7(3-10)6(5)2-9/h5,11H,4H2. The average Bonchev–Trinajstić information content (AvgIpc) is 2.45. The molecule has 1 atom stereocenters. The zero-order chi connectivity index (χ0) is 8.27. The fourth-order valence-corrected chi connectivity index (χ4v) is 0.919. The van der Waals surface area contributed by atoms with Gasteiger partial charge in [0, 0.05) is 6.54 Å². The van der Waals surface area contributed by atoms with Crippen molar-refractivity contribution >= 4 is 0 Å². The molecular weight excluding hydrogens is 140 g/mol. The van der Waals surface area contributed by atoms with E-state index >= 15 is 0 Å². The Morgan fingerprint density at radius 3 is 2.45 bits per heavy atom. The average molecular weight is 144 g/mol. The summed E-state index contributed by atoms with van der Waals surface area (Å²) in [6.45, 7) is 0.377. The molecule has 1 aliphatic heterocycles. The van der Waals surface area contributed by atoms with E-state index in [0.717, 1.165) is 0 Å². The molecule has 1 aliphatic rings. The van der Waals surface area contributed by atoms with E-state index in [1.54, 1.807) is 0 Å². The molecule has 0 aromatic carbocycles. The maximum absolute atomic E-state index is 8.52. The van der Waals surface area contributed by atoms with Gasteiger partial charge in [-0.2, -0.15) is 15.8 Å². The van der Waals surface area contributed by atoms with Crippen LogP contribution in [-0.2, 0) is 0 Å². The molecule has 0 saturated carbocycles. The SMILES string of the molecule is N#CC1=C(C#N)C(C#N)CN1. The normalized spacial score (nSPS) is 21.4. The molecule has 0 fully saturated rings. The van der Waals surface area contributed by atoms with Gasteiger partial charge in [0.05, 0.1) is 17.7 Å². The summed E-state index contributed by atoms with van der Waals surface area (Å²) < 4.78 is 0. The van der Waals surface area contributed by atoms with Crippen LogP contribution in [0.4, 0.5) is 0 Å². The van der Waals surface area contributed by atoms with Gasteiger partial charge in [-0.1, -0.05) is 0 Å². The number of nitriles is 3. The van der Waals surface area contributed by atoms with E-state index in [1.165, 1.54) is 0 Å². The summed E-state index contributed by atoms with van der Waals surface area (Å²) in [4.78, 5) is 0. The topological polar surface area (TPSA) is 83.4 Å². The number of allylic oxidation sites excluding steroid dienone is 1. The number of rotatable bonds is 0. The number of hydrogen-bond acceptors (Lipinski definition) is 4. The van der Waals surface area contributed by atoms with Gasteiger partial charge in [-0.25, -0.2) is 0 Å². The Morgan fingerprint density at radius 1 is 1.27 bits per heavy atom. The van der Waals surface area contributed by atoms with Crippen molar-refractivity contribution in [3.05, 3.63) is 11.3 Å². The molecule has 1 N–H and O–H groups in total. The lowest BCUT2D eigenvalue weighted by atomic mass is 10.0. The van der Waals surface area contributed by atoms with Crippen molar-refractivity contribution in [3.8, 4) is 18.2 Å². The lowest BCUT2D eigenvalue weighted by molar-refractivity contribution is 0.780. The molecule has 1 rings (SSSR count). The fraction of sp³-hybridized carbons (Fsp3) is 0.286. The first kappa shape index (κ1) is 7.12. The largest absolute Gasteiger partial charge is 0.374 e. The Hall–Kier alpha value is -1.99. The van der Waals surface area contributed by atoms with Crippen LogP contribution in [0, 0.1) is 39.9 Å². The second-order valence-electron chi connectivity index (χ2n) is 2.07. The van der Waals surface area contributed by atoms with Crippen LogP contribution >= 0.6 is 0 Å². The van der Waals surface area contributed by atoms with Crippen molar-refractivity contribution in [2.24, 2.45) is 5.92 Å². The second kappa shape index (κ2) is 2.73. The van der Waals surface area contributed by atoms with Gasteiger partial charge < -0.3 is 5.32 Å². The molecule has 0 amide bonds.